The van der Waals surface area contributed by atoms with E-state index in [9.17, 15) is 4.79 Å². The number of aromatic nitrogens is 3. The molecule has 1 N–H and O–H groups in total. The van der Waals surface area contributed by atoms with Crippen LogP contribution in [-0.2, 0) is 11.3 Å². The van der Waals surface area contributed by atoms with Gasteiger partial charge in [0.05, 0.1) is 5.25 Å². The highest BCUT2D eigenvalue weighted by molar-refractivity contribution is 8.00. The number of allylic oxidation sites excluding steroid dienone is 1. The Balaban J connectivity index is 1.46. The summed E-state index contributed by atoms with van der Waals surface area (Å²) in [5.41, 5.74) is 1.81. The van der Waals surface area contributed by atoms with Crippen molar-refractivity contribution in [1.29, 1.82) is 0 Å². The third-order valence-corrected chi connectivity index (χ3v) is 6.24. The highest BCUT2D eigenvalue weighted by Gasteiger charge is 2.29. The summed E-state index contributed by atoms with van der Waals surface area (Å²) in [7, 11) is 3.95. The van der Waals surface area contributed by atoms with Crippen molar-refractivity contribution in [2.75, 3.05) is 30.9 Å². The molecule has 3 aromatic rings. The zero-order valence-electron chi connectivity index (χ0n) is 18.9. The van der Waals surface area contributed by atoms with Gasteiger partial charge in [0.15, 0.2) is 28.6 Å². The van der Waals surface area contributed by atoms with E-state index in [2.05, 4.69) is 22.1 Å². The molecule has 0 saturated heterocycles. The van der Waals surface area contributed by atoms with Gasteiger partial charge in [-0.3, -0.25) is 9.36 Å². The summed E-state index contributed by atoms with van der Waals surface area (Å²) in [4.78, 5) is 14.8. The monoisotopic (exact) mass is 465 g/mol. The van der Waals surface area contributed by atoms with Crippen molar-refractivity contribution in [3.8, 4) is 11.5 Å². The number of carbonyl (C=O) groups is 1. The van der Waals surface area contributed by atoms with Gasteiger partial charge in [-0.25, -0.2) is 0 Å². The van der Waals surface area contributed by atoms with E-state index in [0.717, 1.165) is 11.4 Å². The maximum absolute atomic E-state index is 12.8. The number of nitrogens with zero attached hydrogens (tertiary/aromatic N) is 4. The van der Waals surface area contributed by atoms with E-state index >= 15 is 0 Å². The Morgan fingerprint density at radius 2 is 1.97 bits per heavy atom. The molecule has 0 fully saturated rings. The highest BCUT2D eigenvalue weighted by Crippen LogP contribution is 2.36. The molecule has 2 heterocycles. The molecule has 33 heavy (non-hydrogen) atoms. The van der Waals surface area contributed by atoms with Gasteiger partial charge in [0.2, 0.25) is 5.91 Å². The second kappa shape index (κ2) is 9.99. The second-order valence-corrected chi connectivity index (χ2v) is 9.10. The fourth-order valence-electron chi connectivity index (χ4n) is 3.37. The number of hydrogen-bond acceptors (Lipinski definition) is 7. The van der Waals surface area contributed by atoms with Crippen molar-refractivity contribution in [3.05, 3.63) is 67.0 Å². The van der Waals surface area contributed by atoms with Gasteiger partial charge in [-0.15, -0.1) is 16.8 Å². The summed E-state index contributed by atoms with van der Waals surface area (Å²) < 4.78 is 13.8. The molecule has 0 aliphatic carbocycles. The zero-order valence-corrected chi connectivity index (χ0v) is 19.7. The zero-order chi connectivity index (χ0) is 23.4. The first-order chi connectivity index (χ1) is 16.0. The number of hydrogen-bond donors (Lipinski definition) is 1. The van der Waals surface area contributed by atoms with Gasteiger partial charge >= 0.3 is 0 Å². The van der Waals surface area contributed by atoms with E-state index in [1.165, 1.54) is 11.8 Å². The molecule has 0 saturated carbocycles. The van der Waals surface area contributed by atoms with Gasteiger partial charge in [0.1, 0.15) is 6.61 Å². The molecular formula is C24H27N5O3S. The lowest BCUT2D eigenvalue weighted by Gasteiger charge is -2.26. The topological polar surface area (TPSA) is 81.5 Å². The van der Waals surface area contributed by atoms with Crippen molar-refractivity contribution in [1.82, 2.24) is 14.8 Å². The lowest BCUT2D eigenvalue weighted by atomic mass is 10.2. The first-order valence-corrected chi connectivity index (χ1v) is 11.5. The molecule has 0 spiro atoms. The van der Waals surface area contributed by atoms with Crippen molar-refractivity contribution in [2.45, 2.75) is 30.0 Å². The Labute approximate surface area is 197 Å². The number of benzene rings is 2. The number of ether oxygens (including phenoxy) is 2. The van der Waals surface area contributed by atoms with Crippen LogP contribution in [-0.4, -0.2) is 46.6 Å². The van der Waals surface area contributed by atoms with Crippen LogP contribution in [0, 0.1) is 0 Å². The quantitative estimate of drug-likeness (QED) is 0.395. The average Bonchev–Trinajstić information content (AvgIpc) is 3.21. The van der Waals surface area contributed by atoms with Crippen molar-refractivity contribution in [2.24, 2.45) is 0 Å². The summed E-state index contributed by atoms with van der Waals surface area (Å²) in [5.74, 6) is 1.91. The molecule has 8 nitrogen and oxygen atoms in total. The molecule has 2 aromatic carbocycles. The first kappa shape index (κ1) is 22.7. The van der Waals surface area contributed by atoms with Crippen LogP contribution in [0.1, 0.15) is 18.9 Å². The number of rotatable bonds is 8. The van der Waals surface area contributed by atoms with Gasteiger partial charge in [0.25, 0.3) is 0 Å². The van der Waals surface area contributed by atoms with Gasteiger partial charge in [-0.05, 0) is 43.3 Å². The smallest absolute Gasteiger partial charge is 0.237 e. The Kier molecular flexibility index (Phi) is 6.88. The predicted octanol–water partition coefficient (Wildman–Crippen LogP) is 4.16. The van der Waals surface area contributed by atoms with Crippen LogP contribution in [0.25, 0.3) is 0 Å². The molecule has 0 bridgehead atoms. The number of thioether (sulfide) groups is 1. The molecule has 1 aliphatic heterocycles. The van der Waals surface area contributed by atoms with E-state index in [-0.39, 0.29) is 11.2 Å². The minimum absolute atomic E-state index is 0.113. The Morgan fingerprint density at radius 3 is 2.67 bits per heavy atom. The number of para-hydroxylation sites is 2. The second-order valence-electron chi connectivity index (χ2n) is 7.79. The number of amides is 1. The standard InChI is InChI=1S/C24H27N5O3S/c1-5-14-29-22(21-15-31-19-8-6-7-9-20(19)32-21)26-27-24(29)33-16(2)23(30)25-17-10-12-18(13-11-17)28(3)4/h5-13,16,21H,1,14-15H2,2-4H3,(H,25,30)/t16-,21+/m1/s1. The highest BCUT2D eigenvalue weighted by atomic mass is 32.2. The first-order valence-electron chi connectivity index (χ1n) is 10.6. The fraction of sp³-hybridized carbons (Fsp3) is 0.292. The van der Waals surface area contributed by atoms with Crippen LogP contribution in [0.5, 0.6) is 11.5 Å². The molecule has 4 rings (SSSR count). The maximum Gasteiger partial charge on any atom is 0.237 e. The van der Waals surface area contributed by atoms with Crippen LogP contribution in [0.15, 0.2) is 66.3 Å². The van der Waals surface area contributed by atoms with Gasteiger partial charge in [0, 0.05) is 32.0 Å². The summed E-state index contributed by atoms with van der Waals surface area (Å²) in [6.45, 7) is 6.51. The minimum Gasteiger partial charge on any atom is -0.485 e. The molecule has 9 heteroatoms. The minimum atomic E-state index is -0.402. The van der Waals surface area contributed by atoms with E-state index in [4.69, 9.17) is 9.47 Å². The maximum atomic E-state index is 12.8. The summed E-state index contributed by atoms with van der Waals surface area (Å²) in [5, 5.41) is 11.9. The van der Waals surface area contributed by atoms with Crippen molar-refractivity contribution < 1.29 is 14.3 Å². The molecule has 1 aromatic heterocycles. The van der Waals surface area contributed by atoms with Crippen LogP contribution in [0.3, 0.4) is 0 Å². The van der Waals surface area contributed by atoms with Crippen LogP contribution < -0.4 is 19.7 Å². The lowest BCUT2D eigenvalue weighted by Crippen LogP contribution is -2.25. The van der Waals surface area contributed by atoms with Crippen LogP contribution in [0.4, 0.5) is 11.4 Å². The molecular weight excluding hydrogens is 438 g/mol. The molecule has 1 amide bonds. The van der Waals surface area contributed by atoms with Crippen LogP contribution in [0.2, 0.25) is 0 Å². The normalized spacial score (nSPS) is 15.5. The average molecular weight is 466 g/mol. The summed E-state index contributed by atoms with van der Waals surface area (Å²) >= 11 is 1.34. The molecule has 2 atom stereocenters. The molecule has 1 aliphatic rings. The van der Waals surface area contributed by atoms with E-state index in [0.29, 0.717) is 35.6 Å². The van der Waals surface area contributed by atoms with Gasteiger partial charge in [-0.1, -0.05) is 30.0 Å². The van der Waals surface area contributed by atoms with Crippen LogP contribution >= 0.6 is 11.8 Å². The number of carbonyl (C=O) groups excluding carboxylic acids is 1. The van der Waals surface area contributed by atoms with E-state index in [1.54, 1.807) is 6.08 Å². The predicted molar refractivity (Wildman–Crippen MR) is 130 cm³/mol. The third kappa shape index (κ3) is 5.14. The fourth-order valence-corrected chi connectivity index (χ4v) is 4.24. The lowest BCUT2D eigenvalue weighted by molar-refractivity contribution is -0.115. The molecule has 0 radical (unpaired) electrons. The molecule has 0 unspecified atom stereocenters. The van der Waals surface area contributed by atoms with Gasteiger partial charge in [-0.2, -0.15) is 0 Å². The van der Waals surface area contributed by atoms with E-state index < -0.39 is 6.10 Å². The third-order valence-electron chi connectivity index (χ3n) is 5.16. The number of fused-ring (bicyclic) bond motifs is 1. The summed E-state index contributed by atoms with van der Waals surface area (Å²) in [6, 6.07) is 15.2. The van der Waals surface area contributed by atoms with Crippen molar-refractivity contribution >= 4 is 29.0 Å². The number of nitrogens with one attached hydrogen (secondary N) is 1. The Hall–Kier alpha value is -3.46. The largest absolute Gasteiger partial charge is 0.485 e. The SMILES string of the molecule is C=CCn1c(S[C@H](C)C(=O)Nc2ccc(N(C)C)cc2)nnc1[C@@H]1COc2ccccc2O1. The van der Waals surface area contributed by atoms with Gasteiger partial charge < -0.3 is 19.7 Å². The van der Waals surface area contributed by atoms with Crippen molar-refractivity contribution in [3.63, 3.8) is 0 Å². The van der Waals surface area contributed by atoms with E-state index in [1.807, 2.05) is 79.0 Å². The molecule has 172 valence electrons. The Morgan fingerprint density at radius 1 is 1.24 bits per heavy atom. The number of anilines is 2. The summed E-state index contributed by atoms with van der Waals surface area (Å²) in [6.07, 6.45) is 1.37. The Bertz CT molecular complexity index is 1130.